The second-order valence-electron chi connectivity index (χ2n) is 4.90. The third kappa shape index (κ3) is 2.70. The predicted molar refractivity (Wildman–Crippen MR) is 82.4 cm³/mol. The van der Waals surface area contributed by atoms with Gasteiger partial charge < -0.3 is 9.88 Å². The van der Waals surface area contributed by atoms with Gasteiger partial charge in [-0.15, -0.1) is 0 Å². The molecule has 0 amide bonds. The van der Waals surface area contributed by atoms with Gasteiger partial charge in [0, 0.05) is 28.6 Å². The normalized spacial score (nSPS) is 11.0. The van der Waals surface area contributed by atoms with Crippen molar-refractivity contribution in [1.82, 2.24) is 9.88 Å². The van der Waals surface area contributed by atoms with E-state index in [2.05, 4.69) is 49.7 Å². The van der Waals surface area contributed by atoms with Gasteiger partial charge in [-0.1, -0.05) is 24.6 Å². The lowest BCUT2D eigenvalue weighted by Gasteiger charge is -2.14. The van der Waals surface area contributed by atoms with Gasteiger partial charge in [0.1, 0.15) is 0 Å². The second-order valence-corrected chi connectivity index (χ2v) is 5.30. The van der Waals surface area contributed by atoms with E-state index in [1.165, 1.54) is 22.6 Å². The van der Waals surface area contributed by atoms with Crippen LogP contribution < -0.4 is 5.32 Å². The molecule has 1 N–H and O–H groups in total. The number of benzene rings is 1. The Hall–Kier alpha value is -1.25. The second kappa shape index (κ2) is 5.81. The summed E-state index contributed by atoms with van der Waals surface area (Å²) in [5, 5.41) is 4.20. The molecule has 0 aliphatic heterocycles. The number of halogens is 1. The highest BCUT2D eigenvalue weighted by Crippen LogP contribution is 2.27. The van der Waals surface area contributed by atoms with E-state index >= 15 is 0 Å². The first-order valence-electron chi connectivity index (χ1n) is 6.70. The fraction of sp³-hybridized carbons (Fsp3) is 0.375. The third-order valence-electron chi connectivity index (χ3n) is 3.58. The zero-order valence-corrected chi connectivity index (χ0v) is 12.8. The van der Waals surface area contributed by atoms with Crippen molar-refractivity contribution in [2.75, 3.05) is 6.54 Å². The van der Waals surface area contributed by atoms with Crippen LogP contribution in [0.5, 0.6) is 0 Å². The minimum atomic E-state index is 0.818. The summed E-state index contributed by atoms with van der Waals surface area (Å²) in [5.74, 6) is 0. The molecule has 0 saturated carbocycles. The van der Waals surface area contributed by atoms with Crippen molar-refractivity contribution >= 4 is 11.6 Å². The maximum absolute atomic E-state index is 6.23. The molecular weight excluding hydrogens is 256 g/mol. The first-order valence-corrected chi connectivity index (χ1v) is 7.08. The van der Waals surface area contributed by atoms with Crippen LogP contribution in [0.2, 0.25) is 5.02 Å². The molecule has 3 heteroatoms. The molecule has 19 heavy (non-hydrogen) atoms. The van der Waals surface area contributed by atoms with Crippen LogP contribution in [0.4, 0.5) is 0 Å². The Balaban J connectivity index is 2.50. The molecule has 0 saturated heterocycles. The van der Waals surface area contributed by atoms with E-state index < -0.39 is 0 Å². The topological polar surface area (TPSA) is 17.0 Å². The zero-order valence-electron chi connectivity index (χ0n) is 12.0. The monoisotopic (exact) mass is 276 g/mol. The quantitative estimate of drug-likeness (QED) is 0.887. The maximum atomic E-state index is 6.23. The number of nitrogens with zero attached hydrogens (tertiary/aromatic N) is 1. The molecule has 1 aromatic heterocycles. The summed E-state index contributed by atoms with van der Waals surface area (Å²) >= 11 is 6.23. The van der Waals surface area contributed by atoms with Gasteiger partial charge in [-0.25, -0.2) is 0 Å². The first kappa shape index (κ1) is 14.2. The first-order chi connectivity index (χ1) is 9.06. The van der Waals surface area contributed by atoms with Crippen LogP contribution in [0.25, 0.3) is 5.69 Å². The van der Waals surface area contributed by atoms with Crippen molar-refractivity contribution < 1.29 is 0 Å². The minimum Gasteiger partial charge on any atom is -0.318 e. The van der Waals surface area contributed by atoms with E-state index in [0.29, 0.717) is 0 Å². The summed E-state index contributed by atoms with van der Waals surface area (Å²) in [5.41, 5.74) is 6.17. The number of hydrogen-bond donors (Lipinski definition) is 1. The highest BCUT2D eigenvalue weighted by atomic mass is 35.5. The number of aryl methyl sites for hydroxylation is 1. The molecular formula is C16H21ClN2. The molecule has 2 rings (SSSR count). The maximum Gasteiger partial charge on any atom is 0.0499 e. The Kier molecular flexibility index (Phi) is 4.33. The largest absolute Gasteiger partial charge is 0.318 e. The summed E-state index contributed by atoms with van der Waals surface area (Å²) in [6.07, 6.45) is 0. The molecule has 0 radical (unpaired) electrons. The fourth-order valence-electron chi connectivity index (χ4n) is 2.48. The van der Waals surface area contributed by atoms with Gasteiger partial charge in [-0.2, -0.15) is 0 Å². The molecule has 1 aromatic carbocycles. The fourth-order valence-corrected chi connectivity index (χ4v) is 2.65. The van der Waals surface area contributed by atoms with Crippen molar-refractivity contribution in [2.45, 2.75) is 34.2 Å². The van der Waals surface area contributed by atoms with Crippen LogP contribution in [0.1, 0.15) is 29.4 Å². The summed E-state index contributed by atoms with van der Waals surface area (Å²) in [6.45, 7) is 10.4. The smallest absolute Gasteiger partial charge is 0.0499 e. The lowest BCUT2D eigenvalue weighted by molar-refractivity contribution is 0.722. The van der Waals surface area contributed by atoms with E-state index in [4.69, 9.17) is 11.6 Å². The van der Waals surface area contributed by atoms with E-state index in [1.807, 2.05) is 12.1 Å². The Morgan fingerprint density at radius 3 is 2.63 bits per heavy atom. The van der Waals surface area contributed by atoms with Gasteiger partial charge in [0.15, 0.2) is 0 Å². The Morgan fingerprint density at radius 1 is 1.21 bits per heavy atom. The average Bonchev–Trinajstić information content (AvgIpc) is 2.66. The molecule has 102 valence electrons. The average molecular weight is 277 g/mol. The van der Waals surface area contributed by atoms with E-state index in [-0.39, 0.29) is 0 Å². The van der Waals surface area contributed by atoms with Crippen molar-refractivity contribution in [1.29, 1.82) is 0 Å². The molecule has 2 nitrogen and oxygen atoms in total. The van der Waals surface area contributed by atoms with Crippen molar-refractivity contribution in [3.63, 3.8) is 0 Å². The van der Waals surface area contributed by atoms with Gasteiger partial charge in [0.25, 0.3) is 0 Å². The predicted octanol–water partition coefficient (Wildman–Crippen LogP) is 4.17. The SMILES string of the molecule is CCNCc1cc(C)n(-c2cccc(Cl)c2C)c1C. The Morgan fingerprint density at radius 2 is 1.95 bits per heavy atom. The summed E-state index contributed by atoms with van der Waals surface area (Å²) in [6, 6.07) is 8.32. The summed E-state index contributed by atoms with van der Waals surface area (Å²) in [7, 11) is 0. The van der Waals surface area contributed by atoms with Gasteiger partial charge in [0.2, 0.25) is 0 Å². The third-order valence-corrected chi connectivity index (χ3v) is 3.99. The molecule has 0 spiro atoms. The molecule has 1 heterocycles. The highest BCUT2D eigenvalue weighted by molar-refractivity contribution is 6.31. The molecule has 0 aliphatic carbocycles. The zero-order chi connectivity index (χ0) is 14.0. The number of aromatic nitrogens is 1. The Labute approximate surface area is 120 Å². The molecule has 0 unspecified atom stereocenters. The van der Waals surface area contributed by atoms with Gasteiger partial charge in [-0.3, -0.25) is 0 Å². The molecule has 0 bridgehead atoms. The van der Waals surface area contributed by atoms with Crippen LogP contribution in [0.3, 0.4) is 0 Å². The van der Waals surface area contributed by atoms with Gasteiger partial charge in [-0.05, 0) is 56.6 Å². The van der Waals surface area contributed by atoms with E-state index in [0.717, 1.165) is 23.7 Å². The van der Waals surface area contributed by atoms with Crippen LogP contribution in [-0.2, 0) is 6.54 Å². The lowest BCUT2D eigenvalue weighted by atomic mass is 10.2. The number of rotatable bonds is 4. The molecule has 0 atom stereocenters. The van der Waals surface area contributed by atoms with Crippen LogP contribution in [0, 0.1) is 20.8 Å². The molecule has 0 fully saturated rings. The van der Waals surface area contributed by atoms with Crippen molar-refractivity contribution in [3.05, 3.63) is 51.8 Å². The van der Waals surface area contributed by atoms with Crippen molar-refractivity contribution in [2.24, 2.45) is 0 Å². The van der Waals surface area contributed by atoms with E-state index in [1.54, 1.807) is 0 Å². The number of hydrogen-bond acceptors (Lipinski definition) is 1. The summed E-state index contributed by atoms with van der Waals surface area (Å²) < 4.78 is 2.29. The highest BCUT2D eigenvalue weighted by Gasteiger charge is 2.12. The summed E-state index contributed by atoms with van der Waals surface area (Å²) in [4.78, 5) is 0. The van der Waals surface area contributed by atoms with E-state index in [9.17, 15) is 0 Å². The lowest BCUT2D eigenvalue weighted by Crippen LogP contribution is -2.12. The van der Waals surface area contributed by atoms with Gasteiger partial charge in [0.05, 0.1) is 0 Å². The molecule has 0 aliphatic rings. The van der Waals surface area contributed by atoms with Crippen LogP contribution in [0.15, 0.2) is 24.3 Å². The van der Waals surface area contributed by atoms with Crippen LogP contribution >= 0.6 is 11.6 Å². The minimum absolute atomic E-state index is 0.818. The van der Waals surface area contributed by atoms with Gasteiger partial charge >= 0.3 is 0 Å². The van der Waals surface area contributed by atoms with Crippen molar-refractivity contribution in [3.8, 4) is 5.69 Å². The Bertz CT molecular complexity index is 585. The standard InChI is InChI=1S/C16H21ClN2/c1-5-18-10-14-9-11(2)19(13(14)4)16-8-6-7-15(17)12(16)3/h6-9,18H,5,10H2,1-4H3. The number of nitrogens with one attached hydrogen (secondary N) is 1. The van der Waals surface area contributed by atoms with Crippen LogP contribution in [-0.4, -0.2) is 11.1 Å². The molecule has 2 aromatic rings.